The summed E-state index contributed by atoms with van der Waals surface area (Å²) in [6.07, 6.45) is 5.23. The first-order chi connectivity index (χ1) is 14.1. The van der Waals surface area contributed by atoms with Crippen LogP contribution in [0.15, 0.2) is 29.3 Å². The maximum absolute atomic E-state index is 12.9. The number of hydrogen-bond donors (Lipinski definition) is 3. The summed E-state index contributed by atoms with van der Waals surface area (Å²) < 4.78 is 24.0. The standard InChI is InChI=1S/C22H36FN3O3/c1-3-24-21(26-17-22(11-5-6-12-22)13-14-28-4-2)25-15-19(27)16-29-20-9-7-18(23)8-10-20/h7-10,19,27H,3-6,11-17H2,1-2H3,(H2,24,25,26). The zero-order valence-electron chi connectivity index (χ0n) is 17.8. The summed E-state index contributed by atoms with van der Waals surface area (Å²) in [5, 5.41) is 16.6. The van der Waals surface area contributed by atoms with E-state index in [0.29, 0.717) is 18.3 Å². The molecule has 6 nitrogen and oxygen atoms in total. The minimum absolute atomic E-state index is 0.121. The number of aliphatic hydroxyl groups is 1. The van der Waals surface area contributed by atoms with Gasteiger partial charge in [0.2, 0.25) is 0 Å². The van der Waals surface area contributed by atoms with Gasteiger partial charge in [-0.3, -0.25) is 4.99 Å². The third-order valence-electron chi connectivity index (χ3n) is 5.32. The van der Waals surface area contributed by atoms with Crippen molar-refractivity contribution < 1.29 is 19.0 Å². The molecular formula is C22H36FN3O3. The van der Waals surface area contributed by atoms with Crippen LogP contribution in [0.3, 0.4) is 0 Å². The van der Waals surface area contributed by atoms with Crippen LogP contribution in [-0.2, 0) is 4.74 Å². The average molecular weight is 410 g/mol. The maximum atomic E-state index is 12.9. The van der Waals surface area contributed by atoms with Crippen molar-refractivity contribution >= 4 is 5.96 Å². The van der Waals surface area contributed by atoms with E-state index in [1.807, 2.05) is 13.8 Å². The van der Waals surface area contributed by atoms with E-state index in [9.17, 15) is 9.50 Å². The number of rotatable bonds is 12. The van der Waals surface area contributed by atoms with Gasteiger partial charge in [-0.2, -0.15) is 0 Å². The summed E-state index contributed by atoms with van der Waals surface area (Å²) >= 11 is 0. The van der Waals surface area contributed by atoms with Crippen molar-refractivity contribution in [2.24, 2.45) is 10.4 Å². The van der Waals surface area contributed by atoms with Gasteiger partial charge in [-0.1, -0.05) is 12.8 Å². The van der Waals surface area contributed by atoms with Gasteiger partial charge in [0.1, 0.15) is 24.3 Å². The van der Waals surface area contributed by atoms with Gasteiger partial charge in [-0.05, 0) is 62.8 Å². The molecule has 0 aromatic heterocycles. The van der Waals surface area contributed by atoms with Crippen LogP contribution in [0, 0.1) is 11.2 Å². The summed E-state index contributed by atoms with van der Waals surface area (Å²) in [5.41, 5.74) is 0.224. The third-order valence-corrected chi connectivity index (χ3v) is 5.32. The van der Waals surface area contributed by atoms with Crippen molar-refractivity contribution in [3.63, 3.8) is 0 Å². The normalized spacial score (nSPS) is 17.2. The Balaban J connectivity index is 1.81. The molecule has 1 aliphatic rings. The Labute approximate surface area is 173 Å². The van der Waals surface area contributed by atoms with E-state index < -0.39 is 6.10 Å². The molecule has 1 aromatic carbocycles. The van der Waals surface area contributed by atoms with Crippen molar-refractivity contribution in [2.45, 2.75) is 52.1 Å². The molecule has 0 radical (unpaired) electrons. The van der Waals surface area contributed by atoms with E-state index in [2.05, 4.69) is 10.6 Å². The van der Waals surface area contributed by atoms with Crippen LogP contribution in [0.1, 0.15) is 46.0 Å². The maximum Gasteiger partial charge on any atom is 0.191 e. The van der Waals surface area contributed by atoms with Crippen molar-refractivity contribution in [3.8, 4) is 5.75 Å². The van der Waals surface area contributed by atoms with Crippen molar-refractivity contribution in [2.75, 3.05) is 39.5 Å². The number of aliphatic imine (C=N–C) groups is 1. The molecule has 0 heterocycles. The molecule has 29 heavy (non-hydrogen) atoms. The highest BCUT2D eigenvalue weighted by atomic mass is 19.1. The summed E-state index contributed by atoms with van der Waals surface area (Å²) in [6.45, 7) is 7.53. The third kappa shape index (κ3) is 8.58. The number of guanidine groups is 1. The van der Waals surface area contributed by atoms with Gasteiger partial charge in [-0.15, -0.1) is 0 Å². The van der Waals surface area contributed by atoms with E-state index >= 15 is 0 Å². The first kappa shape index (κ1) is 23.4. The van der Waals surface area contributed by atoms with Crippen LogP contribution in [0.2, 0.25) is 0 Å². The second-order valence-corrected chi connectivity index (χ2v) is 7.65. The molecule has 1 atom stereocenters. The lowest BCUT2D eigenvalue weighted by molar-refractivity contribution is 0.106. The van der Waals surface area contributed by atoms with Gasteiger partial charge >= 0.3 is 0 Å². The van der Waals surface area contributed by atoms with E-state index in [0.717, 1.165) is 32.7 Å². The van der Waals surface area contributed by atoms with Crippen molar-refractivity contribution in [3.05, 3.63) is 30.1 Å². The molecule has 0 spiro atoms. The van der Waals surface area contributed by atoms with Crippen LogP contribution in [0.5, 0.6) is 5.75 Å². The lowest BCUT2D eigenvalue weighted by Gasteiger charge is -2.27. The predicted octanol–water partition coefficient (Wildman–Crippen LogP) is 3.11. The summed E-state index contributed by atoms with van der Waals surface area (Å²) in [4.78, 5) is 4.79. The highest BCUT2D eigenvalue weighted by molar-refractivity contribution is 5.79. The Hall–Kier alpha value is -1.86. The number of benzene rings is 1. The zero-order valence-corrected chi connectivity index (χ0v) is 17.8. The second kappa shape index (κ2) is 12.6. The number of ether oxygens (including phenoxy) is 2. The summed E-state index contributed by atoms with van der Waals surface area (Å²) in [7, 11) is 0. The molecule has 0 saturated heterocycles. The SMILES string of the molecule is CCNC(=NCC1(CCOCC)CCCC1)NCC(O)COc1ccc(F)cc1. The van der Waals surface area contributed by atoms with Gasteiger partial charge < -0.3 is 25.2 Å². The van der Waals surface area contributed by atoms with Crippen LogP contribution in [0.25, 0.3) is 0 Å². The minimum atomic E-state index is -0.706. The summed E-state index contributed by atoms with van der Waals surface area (Å²) in [6, 6.07) is 5.76. The number of hydrogen-bond acceptors (Lipinski definition) is 4. The van der Waals surface area contributed by atoms with E-state index in [-0.39, 0.29) is 17.8 Å². The smallest absolute Gasteiger partial charge is 0.191 e. The molecule has 1 unspecified atom stereocenters. The predicted molar refractivity (Wildman–Crippen MR) is 114 cm³/mol. The first-order valence-electron chi connectivity index (χ1n) is 10.7. The molecule has 7 heteroatoms. The van der Waals surface area contributed by atoms with Gasteiger partial charge in [0.05, 0.1) is 0 Å². The fraction of sp³-hybridized carbons (Fsp3) is 0.682. The molecule has 2 rings (SSSR count). The molecule has 1 aromatic rings. The monoisotopic (exact) mass is 409 g/mol. The highest BCUT2D eigenvalue weighted by Gasteiger charge is 2.33. The molecular weight excluding hydrogens is 373 g/mol. The largest absolute Gasteiger partial charge is 0.491 e. The van der Waals surface area contributed by atoms with Gasteiger partial charge in [-0.25, -0.2) is 4.39 Å². The molecule has 3 N–H and O–H groups in total. The van der Waals surface area contributed by atoms with E-state index in [4.69, 9.17) is 14.5 Å². The summed E-state index contributed by atoms with van der Waals surface area (Å²) in [5.74, 6) is 0.923. The number of nitrogens with one attached hydrogen (secondary N) is 2. The van der Waals surface area contributed by atoms with Gasteiger partial charge in [0, 0.05) is 32.8 Å². The van der Waals surface area contributed by atoms with Gasteiger partial charge in [0.15, 0.2) is 5.96 Å². The molecule has 1 fully saturated rings. The molecule has 0 aliphatic heterocycles. The number of aliphatic hydroxyl groups excluding tert-OH is 1. The van der Waals surface area contributed by atoms with E-state index in [1.165, 1.54) is 37.8 Å². The quantitative estimate of drug-likeness (QED) is 0.281. The Morgan fingerprint density at radius 2 is 1.93 bits per heavy atom. The fourth-order valence-electron chi connectivity index (χ4n) is 3.63. The highest BCUT2D eigenvalue weighted by Crippen LogP contribution is 2.41. The number of nitrogens with zero attached hydrogens (tertiary/aromatic N) is 1. The Morgan fingerprint density at radius 3 is 2.59 bits per heavy atom. The molecule has 1 aliphatic carbocycles. The topological polar surface area (TPSA) is 75.1 Å². The minimum Gasteiger partial charge on any atom is -0.491 e. The zero-order chi connectivity index (χ0) is 21.0. The molecule has 164 valence electrons. The van der Waals surface area contributed by atoms with Crippen molar-refractivity contribution in [1.82, 2.24) is 10.6 Å². The van der Waals surface area contributed by atoms with Crippen LogP contribution >= 0.6 is 0 Å². The Bertz CT molecular complexity index is 604. The molecule has 0 bridgehead atoms. The van der Waals surface area contributed by atoms with Gasteiger partial charge in [0.25, 0.3) is 0 Å². The fourth-order valence-corrected chi connectivity index (χ4v) is 3.63. The Morgan fingerprint density at radius 1 is 1.21 bits per heavy atom. The Kier molecular flexibility index (Phi) is 10.2. The lowest BCUT2D eigenvalue weighted by atomic mass is 9.83. The second-order valence-electron chi connectivity index (χ2n) is 7.65. The van der Waals surface area contributed by atoms with Crippen LogP contribution in [-0.4, -0.2) is 56.6 Å². The first-order valence-corrected chi connectivity index (χ1v) is 10.7. The lowest BCUT2D eigenvalue weighted by Crippen LogP contribution is -2.43. The average Bonchev–Trinajstić information content (AvgIpc) is 3.19. The molecule has 1 saturated carbocycles. The van der Waals surface area contributed by atoms with Crippen LogP contribution in [0.4, 0.5) is 4.39 Å². The van der Waals surface area contributed by atoms with Crippen LogP contribution < -0.4 is 15.4 Å². The van der Waals surface area contributed by atoms with Crippen molar-refractivity contribution in [1.29, 1.82) is 0 Å². The molecule has 0 amide bonds. The van der Waals surface area contributed by atoms with E-state index in [1.54, 1.807) is 12.1 Å². The number of halogens is 1.